The van der Waals surface area contributed by atoms with Gasteiger partial charge < -0.3 is 4.74 Å². The minimum Gasteiger partial charge on any atom is -0.464 e. The second-order valence-electron chi connectivity index (χ2n) is 7.08. The summed E-state index contributed by atoms with van der Waals surface area (Å²) in [4.78, 5) is 25.0. The molecule has 3 rings (SSSR count). The average molecular weight is 410 g/mol. The number of carbonyl (C=O) groups is 1. The molecule has 0 saturated carbocycles. The fourth-order valence-electron chi connectivity index (χ4n) is 3.38. The lowest BCUT2D eigenvalue weighted by Gasteiger charge is -2.29. The normalized spacial score (nSPS) is 17.7. The summed E-state index contributed by atoms with van der Waals surface area (Å²) in [5, 5.41) is 4.19. The fourth-order valence-corrected chi connectivity index (χ4v) is 4.85. The Morgan fingerprint density at radius 1 is 1.29 bits per heavy atom. The predicted octanol–water partition coefficient (Wildman–Crippen LogP) is 1.43. The number of carbonyl (C=O) groups excluding carboxylic acids is 1. The third kappa shape index (κ3) is 3.70. The molecule has 0 bridgehead atoms. The van der Waals surface area contributed by atoms with Gasteiger partial charge in [0.15, 0.2) is 11.7 Å². The summed E-state index contributed by atoms with van der Waals surface area (Å²) in [6, 6.07) is 2.08. The van der Waals surface area contributed by atoms with Gasteiger partial charge in [0, 0.05) is 19.3 Å². The zero-order chi connectivity index (χ0) is 20.5. The van der Waals surface area contributed by atoms with Crippen LogP contribution in [0.15, 0.2) is 28.0 Å². The predicted molar refractivity (Wildman–Crippen MR) is 103 cm³/mol. The summed E-state index contributed by atoms with van der Waals surface area (Å²) in [6.07, 6.45) is 3.25. The zero-order valence-electron chi connectivity index (χ0n) is 16.4. The van der Waals surface area contributed by atoms with Crippen LogP contribution >= 0.6 is 0 Å². The summed E-state index contributed by atoms with van der Waals surface area (Å²) in [6.45, 7) is 6.69. The number of esters is 1. The standard InChI is InChI=1S/C18H26N4O5S/c1-4-15(17(23)27-5-2)22-18(24)21-12-14(6-7-16(21)19-22)28(25,26)20-10-8-13(3)9-11-20/h6-7,12-13,15H,4-5,8-11H2,1-3H3/t15-/m1/s1. The monoisotopic (exact) mass is 410 g/mol. The van der Waals surface area contributed by atoms with E-state index in [2.05, 4.69) is 12.0 Å². The Kier molecular flexibility index (Phi) is 5.90. The van der Waals surface area contributed by atoms with Crippen molar-refractivity contribution in [1.29, 1.82) is 0 Å². The smallest absolute Gasteiger partial charge is 0.351 e. The molecular weight excluding hydrogens is 384 g/mol. The summed E-state index contributed by atoms with van der Waals surface area (Å²) in [5.74, 6) is -0.0329. The van der Waals surface area contributed by atoms with E-state index in [9.17, 15) is 18.0 Å². The zero-order valence-corrected chi connectivity index (χ0v) is 17.2. The van der Waals surface area contributed by atoms with Gasteiger partial charge in [0.1, 0.15) is 0 Å². The van der Waals surface area contributed by atoms with E-state index in [1.54, 1.807) is 13.8 Å². The first-order valence-electron chi connectivity index (χ1n) is 9.57. The summed E-state index contributed by atoms with van der Waals surface area (Å²) >= 11 is 0. The van der Waals surface area contributed by atoms with E-state index in [0.717, 1.165) is 17.5 Å². The molecule has 1 fully saturated rings. The summed E-state index contributed by atoms with van der Waals surface area (Å²) in [7, 11) is -3.69. The number of aromatic nitrogens is 3. The van der Waals surface area contributed by atoms with Crippen LogP contribution in [0.1, 0.15) is 46.1 Å². The highest BCUT2D eigenvalue weighted by atomic mass is 32.2. The minimum absolute atomic E-state index is 0.0420. The molecule has 1 aliphatic heterocycles. The average Bonchev–Trinajstić information content (AvgIpc) is 2.99. The number of rotatable bonds is 6. The Bertz CT molecular complexity index is 1020. The summed E-state index contributed by atoms with van der Waals surface area (Å²) in [5.41, 5.74) is -0.293. The number of sulfonamides is 1. The van der Waals surface area contributed by atoms with Crippen LogP contribution in [0, 0.1) is 5.92 Å². The van der Waals surface area contributed by atoms with Crippen molar-refractivity contribution >= 4 is 21.6 Å². The largest absolute Gasteiger partial charge is 0.464 e. The van der Waals surface area contributed by atoms with Gasteiger partial charge in [0.2, 0.25) is 10.0 Å². The van der Waals surface area contributed by atoms with Gasteiger partial charge in [-0.3, -0.25) is 0 Å². The first-order chi connectivity index (χ1) is 13.3. The van der Waals surface area contributed by atoms with E-state index in [-0.39, 0.29) is 17.1 Å². The Morgan fingerprint density at radius 2 is 1.96 bits per heavy atom. The third-order valence-corrected chi connectivity index (χ3v) is 7.02. The van der Waals surface area contributed by atoms with Crippen LogP contribution in [0.4, 0.5) is 0 Å². The highest BCUT2D eigenvalue weighted by Crippen LogP contribution is 2.23. The molecule has 154 valence electrons. The van der Waals surface area contributed by atoms with E-state index >= 15 is 0 Å². The SMILES string of the molecule is CCOC(=O)[C@@H](CC)n1nc2ccc(S(=O)(=O)N3CCC(C)CC3)cn2c1=O. The molecule has 0 spiro atoms. The molecular formula is C18H26N4O5S. The first kappa shape index (κ1) is 20.5. The van der Waals surface area contributed by atoms with Crippen LogP contribution in [-0.2, 0) is 19.6 Å². The van der Waals surface area contributed by atoms with Crippen molar-refractivity contribution in [3.63, 3.8) is 0 Å². The third-order valence-electron chi connectivity index (χ3n) is 5.13. The van der Waals surface area contributed by atoms with E-state index in [1.807, 2.05) is 0 Å². The van der Waals surface area contributed by atoms with Gasteiger partial charge >= 0.3 is 11.7 Å². The number of pyridine rings is 1. The molecule has 28 heavy (non-hydrogen) atoms. The van der Waals surface area contributed by atoms with Gasteiger partial charge in [-0.2, -0.15) is 8.99 Å². The van der Waals surface area contributed by atoms with Crippen molar-refractivity contribution < 1.29 is 17.9 Å². The van der Waals surface area contributed by atoms with Crippen LogP contribution in [0.2, 0.25) is 0 Å². The molecule has 2 aromatic heterocycles. The van der Waals surface area contributed by atoms with Crippen molar-refractivity contribution in [2.45, 2.75) is 51.0 Å². The van der Waals surface area contributed by atoms with Crippen molar-refractivity contribution in [3.05, 3.63) is 28.8 Å². The lowest BCUT2D eigenvalue weighted by atomic mass is 10.0. The Morgan fingerprint density at radius 3 is 2.57 bits per heavy atom. The second-order valence-corrected chi connectivity index (χ2v) is 9.02. The second kappa shape index (κ2) is 8.04. The molecule has 1 aliphatic rings. The topological polar surface area (TPSA) is 103 Å². The number of piperidine rings is 1. The minimum atomic E-state index is -3.69. The van der Waals surface area contributed by atoms with Crippen LogP contribution in [0.5, 0.6) is 0 Å². The van der Waals surface area contributed by atoms with Gasteiger partial charge in [0.05, 0.1) is 11.5 Å². The molecule has 0 amide bonds. The number of hydrogen-bond acceptors (Lipinski definition) is 6. The van der Waals surface area contributed by atoms with E-state index in [0.29, 0.717) is 25.4 Å². The maximum absolute atomic E-state index is 12.9. The van der Waals surface area contributed by atoms with Gasteiger partial charge in [0.25, 0.3) is 0 Å². The van der Waals surface area contributed by atoms with Crippen LogP contribution < -0.4 is 5.69 Å². The highest BCUT2D eigenvalue weighted by Gasteiger charge is 2.29. The fraction of sp³-hybridized carbons (Fsp3) is 0.611. The van der Waals surface area contributed by atoms with Gasteiger partial charge in [-0.1, -0.05) is 13.8 Å². The van der Waals surface area contributed by atoms with Crippen molar-refractivity contribution in [2.24, 2.45) is 5.92 Å². The molecule has 10 heteroatoms. The number of nitrogens with zero attached hydrogens (tertiary/aromatic N) is 4. The molecule has 1 saturated heterocycles. The quantitative estimate of drug-likeness (QED) is 0.668. The lowest BCUT2D eigenvalue weighted by Crippen LogP contribution is -2.38. The molecule has 0 unspecified atom stereocenters. The lowest BCUT2D eigenvalue weighted by molar-refractivity contribution is -0.147. The van der Waals surface area contributed by atoms with Crippen molar-refractivity contribution in [2.75, 3.05) is 19.7 Å². The molecule has 0 aromatic carbocycles. The molecule has 1 atom stereocenters. The van der Waals surface area contributed by atoms with Crippen molar-refractivity contribution in [1.82, 2.24) is 18.5 Å². The molecule has 0 N–H and O–H groups in total. The van der Waals surface area contributed by atoms with Gasteiger partial charge in [-0.15, -0.1) is 5.10 Å². The van der Waals surface area contributed by atoms with Gasteiger partial charge in [-0.05, 0) is 44.2 Å². The van der Waals surface area contributed by atoms with Crippen LogP contribution in [0.25, 0.3) is 5.65 Å². The van der Waals surface area contributed by atoms with Crippen LogP contribution in [0.3, 0.4) is 0 Å². The number of fused-ring (bicyclic) bond motifs is 1. The van der Waals surface area contributed by atoms with Gasteiger partial charge in [-0.25, -0.2) is 22.4 Å². The highest BCUT2D eigenvalue weighted by molar-refractivity contribution is 7.89. The first-order valence-corrected chi connectivity index (χ1v) is 11.0. The Labute approximate surface area is 163 Å². The van der Waals surface area contributed by atoms with E-state index in [1.165, 1.54) is 27.0 Å². The molecule has 0 radical (unpaired) electrons. The Balaban J connectivity index is 1.99. The molecule has 9 nitrogen and oxygen atoms in total. The number of ether oxygens (including phenoxy) is 1. The molecule has 0 aliphatic carbocycles. The molecule has 3 heterocycles. The van der Waals surface area contributed by atoms with E-state index < -0.39 is 27.7 Å². The maximum Gasteiger partial charge on any atom is 0.351 e. The summed E-state index contributed by atoms with van der Waals surface area (Å²) < 4.78 is 34.6. The maximum atomic E-state index is 12.9. The Hall–Kier alpha value is -2.20. The molecule has 2 aromatic rings. The number of hydrogen-bond donors (Lipinski definition) is 0. The van der Waals surface area contributed by atoms with Crippen molar-refractivity contribution in [3.8, 4) is 0 Å². The van der Waals surface area contributed by atoms with E-state index in [4.69, 9.17) is 4.74 Å². The van der Waals surface area contributed by atoms with Crippen LogP contribution in [-0.4, -0.2) is 52.6 Å².